The van der Waals surface area contributed by atoms with Crippen LogP contribution in [0.25, 0.3) is 0 Å². The third kappa shape index (κ3) is 3.92. The van der Waals surface area contributed by atoms with Gasteiger partial charge >= 0.3 is 0 Å². The van der Waals surface area contributed by atoms with Crippen molar-refractivity contribution in [1.82, 2.24) is 10.2 Å². The molecule has 1 saturated heterocycles. The van der Waals surface area contributed by atoms with Gasteiger partial charge in [-0.05, 0) is 32.9 Å². The third-order valence-corrected chi connectivity index (χ3v) is 2.79. The van der Waals surface area contributed by atoms with Gasteiger partial charge in [0.15, 0.2) is 0 Å². The smallest absolute Gasteiger partial charge is 0.0894 e. The highest BCUT2D eigenvalue weighted by atomic mass is 16.3. The first kappa shape index (κ1) is 11.9. The Morgan fingerprint density at radius 2 is 1.93 bits per heavy atom. The molecule has 0 saturated carbocycles. The monoisotopic (exact) mass is 202 g/mol. The molecule has 1 fully saturated rings. The molecule has 4 heteroatoms. The lowest BCUT2D eigenvalue weighted by molar-refractivity contribution is 0.0926. The van der Waals surface area contributed by atoms with Crippen LogP contribution in [-0.4, -0.2) is 60.0 Å². The summed E-state index contributed by atoms with van der Waals surface area (Å²) in [5, 5.41) is 20.9. The summed E-state index contributed by atoms with van der Waals surface area (Å²) in [5.74, 6) is 0. The summed E-state index contributed by atoms with van der Waals surface area (Å²) in [6.07, 6.45) is 1.99. The van der Waals surface area contributed by atoms with E-state index in [1.54, 1.807) is 0 Å². The molecule has 0 amide bonds. The second-order valence-corrected chi connectivity index (χ2v) is 4.09. The molecule has 4 nitrogen and oxygen atoms in total. The van der Waals surface area contributed by atoms with Crippen molar-refractivity contribution in [1.29, 1.82) is 0 Å². The predicted octanol–water partition coefficient (Wildman–Crippen LogP) is -0.586. The molecule has 0 aromatic heterocycles. The second kappa shape index (κ2) is 6.35. The summed E-state index contributed by atoms with van der Waals surface area (Å²) in [4.78, 5) is 2.46. The average Bonchev–Trinajstić information content (AvgIpc) is 2.70. The summed E-state index contributed by atoms with van der Waals surface area (Å²) < 4.78 is 0. The van der Waals surface area contributed by atoms with Crippen LogP contribution in [0.3, 0.4) is 0 Å². The van der Waals surface area contributed by atoms with Gasteiger partial charge < -0.3 is 15.5 Å². The number of aliphatic hydroxyl groups excluding tert-OH is 2. The minimum atomic E-state index is -0.624. The average molecular weight is 202 g/mol. The van der Waals surface area contributed by atoms with E-state index in [1.807, 2.05) is 0 Å². The summed E-state index contributed by atoms with van der Waals surface area (Å²) in [6.45, 7) is 5.80. The van der Waals surface area contributed by atoms with E-state index in [2.05, 4.69) is 17.1 Å². The Kier molecular flexibility index (Phi) is 5.40. The standard InChI is InChI=1S/C10H22N2O2/c1-9(12-4-2-3-5-12)6-11-7-10(14)8-13/h9-11,13-14H,2-8H2,1H3/t9?,10-/m0/s1. The Labute approximate surface area is 85.9 Å². The van der Waals surface area contributed by atoms with Gasteiger partial charge in [-0.1, -0.05) is 0 Å². The van der Waals surface area contributed by atoms with Gasteiger partial charge in [0.1, 0.15) is 0 Å². The second-order valence-electron chi connectivity index (χ2n) is 4.09. The molecule has 14 heavy (non-hydrogen) atoms. The lowest BCUT2D eigenvalue weighted by atomic mass is 10.3. The Morgan fingerprint density at radius 3 is 2.50 bits per heavy atom. The third-order valence-electron chi connectivity index (χ3n) is 2.79. The van der Waals surface area contributed by atoms with Crippen LogP contribution in [0.5, 0.6) is 0 Å². The van der Waals surface area contributed by atoms with Crippen molar-refractivity contribution in [3.8, 4) is 0 Å². The summed E-state index contributed by atoms with van der Waals surface area (Å²) in [6, 6.07) is 0.531. The van der Waals surface area contributed by atoms with Crippen molar-refractivity contribution in [3.05, 3.63) is 0 Å². The van der Waals surface area contributed by atoms with Crippen molar-refractivity contribution in [2.45, 2.75) is 31.9 Å². The molecule has 0 aliphatic carbocycles. The van der Waals surface area contributed by atoms with Gasteiger partial charge in [0.05, 0.1) is 12.7 Å². The van der Waals surface area contributed by atoms with Crippen LogP contribution >= 0.6 is 0 Å². The zero-order valence-electron chi connectivity index (χ0n) is 8.95. The maximum absolute atomic E-state index is 9.11. The lowest BCUT2D eigenvalue weighted by Gasteiger charge is -2.24. The maximum atomic E-state index is 9.11. The first-order valence-corrected chi connectivity index (χ1v) is 5.47. The zero-order valence-corrected chi connectivity index (χ0v) is 8.95. The number of likely N-dealkylation sites (tertiary alicyclic amines) is 1. The molecule has 0 aromatic carbocycles. The van der Waals surface area contributed by atoms with E-state index in [9.17, 15) is 0 Å². The SMILES string of the molecule is CC(CNC[C@H](O)CO)N1CCCC1. The minimum Gasteiger partial charge on any atom is -0.394 e. The van der Waals surface area contributed by atoms with Gasteiger partial charge in [0.25, 0.3) is 0 Å². The molecule has 1 rings (SSSR count). The van der Waals surface area contributed by atoms with E-state index in [-0.39, 0.29) is 6.61 Å². The highest BCUT2D eigenvalue weighted by Crippen LogP contribution is 2.10. The quantitative estimate of drug-likeness (QED) is 0.539. The van der Waals surface area contributed by atoms with Crippen LogP contribution in [0.4, 0.5) is 0 Å². The fourth-order valence-corrected chi connectivity index (χ4v) is 1.83. The van der Waals surface area contributed by atoms with E-state index in [1.165, 1.54) is 25.9 Å². The molecular weight excluding hydrogens is 180 g/mol. The first-order chi connectivity index (χ1) is 6.74. The number of nitrogens with zero attached hydrogens (tertiary/aromatic N) is 1. The molecule has 0 aromatic rings. The molecule has 1 unspecified atom stereocenters. The molecule has 2 atom stereocenters. The van der Waals surface area contributed by atoms with Crippen molar-refractivity contribution in [3.63, 3.8) is 0 Å². The van der Waals surface area contributed by atoms with Crippen LogP contribution in [-0.2, 0) is 0 Å². The lowest BCUT2D eigenvalue weighted by Crippen LogP contribution is -2.41. The normalized spacial score (nSPS) is 22.5. The zero-order chi connectivity index (χ0) is 10.4. The molecular formula is C10H22N2O2. The van der Waals surface area contributed by atoms with E-state index in [0.29, 0.717) is 12.6 Å². The highest BCUT2D eigenvalue weighted by molar-refractivity contribution is 4.74. The van der Waals surface area contributed by atoms with Crippen molar-refractivity contribution in [2.24, 2.45) is 0 Å². The number of rotatable bonds is 6. The van der Waals surface area contributed by atoms with Gasteiger partial charge in [0, 0.05) is 19.1 Å². The van der Waals surface area contributed by atoms with Crippen LogP contribution in [0.15, 0.2) is 0 Å². The molecule has 0 bridgehead atoms. The number of hydrogen-bond acceptors (Lipinski definition) is 4. The van der Waals surface area contributed by atoms with Crippen molar-refractivity contribution >= 4 is 0 Å². The van der Waals surface area contributed by atoms with Crippen molar-refractivity contribution < 1.29 is 10.2 Å². The molecule has 1 aliphatic heterocycles. The molecule has 0 spiro atoms. The summed E-state index contributed by atoms with van der Waals surface area (Å²) in [7, 11) is 0. The molecule has 0 radical (unpaired) electrons. The highest BCUT2D eigenvalue weighted by Gasteiger charge is 2.17. The van der Waals surface area contributed by atoms with E-state index < -0.39 is 6.10 Å². The number of aliphatic hydroxyl groups is 2. The van der Waals surface area contributed by atoms with Crippen LogP contribution in [0.2, 0.25) is 0 Å². The number of nitrogens with one attached hydrogen (secondary N) is 1. The maximum Gasteiger partial charge on any atom is 0.0894 e. The van der Waals surface area contributed by atoms with Crippen LogP contribution in [0.1, 0.15) is 19.8 Å². The van der Waals surface area contributed by atoms with E-state index in [4.69, 9.17) is 10.2 Å². The molecule has 84 valence electrons. The van der Waals surface area contributed by atoms with Crippen LogP contribution in [0, 0.1) is 0 Å². The summed E-state index contributed by atoms with van der Waals surface area (Å²) in [5.41, 5.74) is 0. The Bertz CT molecular complexity index is 149. The van der Waals surface area contributed by atoms with Gasteiger partial charge in [0.2, 0.25) is 0 Å². The van der Waals surface area contributed by atoms with E-state index in [0.717, 1.165) is 6.54 Å². The van der Waals surface area contributed by atoms with Gasteiger partial charge in [-0.3, -0.25) is 4.90 Å². The Balaban J connectivity index is 2.05. The van der Waals surface area contributed by atoms with Crippen LogP contribution < -0.4 is 5.32 Å². The first-order valence-electron chi connectivity index (χ1n) is 5.47. The predicted molar refractivity (Wildman–Crippen MR) is 56.2 cm³/mol. The fraction of sp³-hybridized carbons (Fsp3) is 1.00. The molecule has 1 heterocycles. The van der Waals surface area contributed by atoms with Crippen molar-refractivity contribution in [2.75, 3.05) is 32.8 Å². The minimum absolute atomic E-state index is 0.162. The fourth-order valence-electron chi connectivity index (χ4n) is 1.83. The summed E-state index contributed by atoms with van der Waals surface area (Å²) >= 11 is 0. The van der Waals surface area contributed by atoms with Gasteiger partial charge in [-0.25, -0.2) is 0 Å². The van der Waals surface area contributed by atoms with Gasteiger partial charge in [-0.15, -0.1) is 0 Å². The van der Waals surface area contributed by atoms with E-state index >= 15 is 0 Å². The van der Waals surface area contributed by atoms with Gasteiger partial charge in [-0.2, -0.15) is 0 Å². The molecule has 1 aliphatic rings. The largest absolute Gasteiger partial charge is 0.394 e. The number of hydrogen-bond donors (Lipinski definition) is 3. The molecule has 3 N–H and O–H groups in total. The Morgan fingerprint density at radius 1 is 1.29 bits per heavy atom. The topological polar surface area (TPSA) is 55.7 Å². The Hall–Kier alpha value is -0.160.